The molecule has 7 rings (SSSR count). The van der Waals surface area contributed by atoms with E-state index < -0.39 is 44.0 Å². The first-order valence-electron chi connectivity index (χ1n) is 10.5. The van der Waals surface area contributed by atoms with E-state index in [1.807, 2.05) is 48.5 Å². The number of imide groups is 1. The lowest BCUT2D eigenvalue weighted by Gasteiger charge is -2.54. The van der Waals surface area contributed by atoms with Crippen LogP contribution in [-0.2, 0) is 19.3 Å². The van der Waals surface area contributed by atoms with Crippen LogP contribution in [0.5, 0.6) is 5.75 Å². The van der Waals surface area contributed by atoms with Gasteiger partial charge in [-0.2, -0.15) is 0 Å². The van der Waals surface area contributed by atoms with Gasteiger partial charge in [0.15, 0.2) is 0 Å². The van der Waals surface area contributed by atoms with E-state index in [1.165, 1.54) is 25.3 Å². The Kier molecular flexibility index (Phi) is 4.23. The van der Waals surface area contributed by atoms with E-state index in [0.717, 1.165) is 4.90 Å². The predicted molar refractivity (Wildman–Crippen MR) is 125 cm³/mol. The molecule has 3 aromatic carbocycles. The number of nitrogens with zero attached hydrogens (tertiary/aromatic N) is 2. The maximum Gasteiger partial charge on any atom is 0.293 e. The van der Waals surface area contributed by atoms with Crippen LogP contribution in [0.1, 0.15) is 22.3 Å². The van der Waals surface area contributed by atoms with E-state index in [0.29, 0.717) is 22.3 Å². The number of rotatable bonds is 3. The third-order valence-electron chi connectivity index (χ3n) is 7.21. The minimum Gasteiger partial charge on any atom is -0.497 e. The van der Waals surface area contributed by atoms with Gasteiger partial charge < -0.3 is 4.74 Å². The molecule has 1 fully saturated rings. The van der Waals surface area contributed by atoms with Crippen LogP contribution in [0, 0.1) is 22.0 Å². The summed E-state index contributed by atoms with van der Waals surface area (Å²) in [6, 6.07) is 18.5. The van der Waals surface area contributed by atoms with E-state index in [2.05, 4.69) is 0 Å². The number of anilines is 1. The Morgan fingerprint density at radius 3 is 1.68 bits per heavy atom. The highest BCUT2D eigenvalue weighted by molar-refractivity contribution is 6.38. The van der Waals surface area contributed by atoms with Crippen molar-refractivity contribution in [3.05, 3.63) is 99.1 Å². The Morgan fingerprint density at radius 2 is 1.29 bits per heavy atom. The lowest BCUT2D eigenvalue weighted by molar-refractivity contribution is -0.384. The smallest absolute Gasteiger partial charge is 0.293 e. The fourth-order valence-corrected chi connectivity index (χ4v) is 6.97. The van der Waals surface area contributed by atoms with Gasteiger partial charge in [0.25, 0.3) is 5.69 Å². The number of hydrogen-bond acceptors (Lipinski definition) is 5. The van der Waals surface area contributed by atoms with Crippen LogP contribution in [0.4, 0.5) is 11.4 Å². The molecule has 0 aromatic heterocycles. The summed E-state index contributed by atoms with van der Waals surface area (Å²) in [5, 5.41) is 11.8. The Hall–Kier alpha value is -3.42. The summed E-state index contributed by atoms with van der Waals surface area (Å²) in [4.78, 5) is 37.3. The minimum atomic E-state index is -1.36. The normalized spacial score (nSPS) is 28.4. The van der Waals surface area contributed by atoms with Crippen molar-refractivity contribution in [2.75, 3.05) is 12.0 Å². The van der Waals surface area contributed by atoms with Crippen molar-refractivity contribution in [3.63, 3.8) is 0 Å². The number of carbonyl (C=O) groups excluding carboxylic acids is 2. The first-order chi connectivity index (χ1) is 16.3. The number of nitro benzene ring substituents is 1. The molecule has 1 saturated heterocycles. The minimum absolute atomic E-state index is 0.165. The third-order valence-corrected chi connectivity index (χ3v) is 8.49. The first kappa shape index (κ1) is 21.1. The monoisotopic (exact) mass is 494 g/mol. The highest BCUT2D eigenvalue weighted by atomic mass is 35.5. The van der Waals surface area contributed by atoms with Gasteiger partial charge in [0.05, 0.1) is 23.9 Å². The van der Waals surface area contributed by atoms with E-state index in [1.54, 1.807) is 0 Å². The lowest BCUT2D eigenvalue weighted by atomic mass is 9.54. The van der Waals surface area contributed by atoms with Crippen molar-refractivity contribution in [2.24, 2.45) is 11.8 Å². The van der Waals surface area contributed by atoms with Crippen LogP contribution >= 0.6 is 23.2 Å². The summed E-state index contributed by atoms with van der Waals surface area (Å²) < 4.78 is 5.21. The van der Waals surface area contributed by atoms with E-state index in [9.17, 15) is 19.7 Å². The molecule has 2 atom stereocenters. The molecule has 0 unspecified atom stereocenters. The Labute approximate surface area is 204 Å². The number of alkyl halides is 2. The number of amides is 2. The number of methoxy groups -OCH3 is 1. The average Bonchev–Trinajstić information content (AvgIpc) is 3.13. The summed E-state index contributed by atoms with van der Waals surface area (Å²) in [5.74, 6) is -3.08. The number of hydrogen-bond donors (Lipinski definition) is 0. The highest BCUT2D eigenvalue weighted by Gasteiger charge is 2.73. The van der Waals surface area contributed by atoms with Gasteiger partial charge in [-0.25, -0.2) is 4.90 Å². The molecule has 2 bridgehead atoms. The molecule has 1 aliphatic heterocycles. The molecule has 7 nitrogen and oxygen atoms in total. The first-order valence-corrected chi connectivity index (χ1v) is 11.3. The van der Waals surface area contributed by atoms with Crippen LogP contribution in [-0.4, -0.2) is 23.8 Å². The molecule has 3 aliphatic carbocycles. The largest absolute Gasteiger partial charge is 0.497 e. The van der Waals surface area contributed by atoms with Crippen molar-refractivity contribution in [3.8, 4) is 5.75 Å². The molecule has 3 aromatic rings. The van der Waals surface area contributed by atoms with Crippen molar-refractivity contribution in [1.29, 1.82) is 0 Å². The second-order valence-corrected chi connectivity index (χ2v) is 9.79. The third kappa shape index (κ3) is 2.28. The second-order valence-electron chi connectivity index (χ2n) is 8.59. The number of ether oxygens (including phenoxy) is 1. The molecule has 0 spiro atoms. The van der Waals surface area contributed by atoms with Gasteiger partial charge in [-0.3, -0.25) is 19.7 Å². The van der Waals surface area contributed by atoms with Crippen LogP contribution in [0.2, 0.25) is 0 Å². The topological polar surface area (TPSA) is 89.8 Å². The zero-order chi connectivity index (χ0) is 24.0. The van der Waals surface area contributed by atoms with Crippen LogP contribution in [0.25, 0.3) is 0 Å². The molecule has 0 radical (unpaired) electrons. The van der Waals surface area contributed by atoms with Gasteiger partial charge in [0.1, 0.15) is 21.2 Å². The Balaban J connectivity index is 1.64. The molecular formula is C25H16Cl2N2O5. The molecule has 34 heavy (non-hydrogen) atoms. The summed E-state index contributed by atoms with van der Waals surface area (Å²) in [7, 11) is 1.40. The van der Waals surface area contributed by atoms with E-state index >= 15 is 0 Å². The predicted octanol–water partition coefficient (Wildman–Crippen LogP) is 4.70. The van der Waals surface area contributed by atoms with E-state index in [4.69, 9.17) is 27.9 Å². The molecule has 1 heterocycles. The summed E-state index contributed by atoms with van der Waals surface area (Å²) in [6.45, 7) is 0. The van der Waals surface area contributed by atoms with Crippen LogP contribution < -0.4 is 9.64 Å². The highest BCUT2D eigenvalue weighted by Crippen LogP contribution is 2.69. The number of halogens is 2. The van der Waals surface area contributed by atoms with Crippen molar-refractivity contribution in [1.82, 2.24) is 0 Å². The summed E-state index contributed by atoms with van der Waals surface area (Å²) in [5.41, 5.74) is 2.09. The van der Waals surface area contributed by atoms with Gasteiger partial charge in [0, 0.05) is 12.1 Å². The summed E-state index contributed by atoms with van der Waals surface area (Å²) >= 11 is 14.8. The zero-order valence-corrected chi connectivity index (χ0v) is 19.2. The maximum atomic E-state index is 14.0. The number of nitro groups is 1. The van der Waals surface area contributed by atoms with Gasteiger partial charge in [-0.15, -0.1) is 23.2 Å². The van der Waals surface area contributed by atoms with Gasteiger partial charge >= 0.3 is 0 Å². The van der Waals surface area contributed by atoms with Crippen molar-refractivity contribution >= 4 is 46.4 Å². The van der Waals surface area contributed by atoms with Gasteiger partial charge in [-0.1, -0.05) is 48.5 Å². The van der Waals surface area contributed by atoms with Crippen LogP contribution in [0.15, 0.2) is 66.7 Å². The molecular weight excluding hydrogens is 479 g/mol. The SMILES string of the molecule is COc1ccc([N+](=O)[O-])c(N2C(=O)[C@@H]3[C@@H](C2=O)C2(Cl)c4ccccc4C3(Cl)c3ccccc32)c1. The lowest BCUT2D eigenvalue weighted by Crippen LogP contribution is -2.57. The van der Waals surface area contributed by atoms with Gasteiger partial charge in [0.2, 0.25) is 11.8 Å². The quantitative estimate of drug-likeness (QED) is 0.228. The van der Waals surface area contributed by atoms with Gasteiger partial charge in [-0.05, 0) is 28.3 Å². The number of carbonyl (C=O) groups is 2. The maximum absolute atomic E-state index is 14.0. The summed E-state index contributed by atoms with van der Waals surface area (Å²) in [6.07, 6.45) is 0. The zero-order valence-electron chi connectivity index (χ0n) is 17.7. The molecule has 0 saturated carbocycles. The fourth-order valence-electron chi connectivity index (χ4n) is 5.87. The fraction of sp³-hybridized carbons (Fsp3) is 0.200. The second kappa shape index (κ2) is 6.81. The molecule has 4 aliphatic rings. The average molecular weight is 495 g/mol. The molecule has 2 amide bonds. The van der Waals surface area contributed by atoms with E-state index in [-0.39, 0.29) is 11.4 Å². The standard InChI is InChI=1S/C25H16Cl2N2O5/c1-34-13-10-11-18(29(32)33)19(12-13)28-22(30)20-21(23(28)31)25(27)15-7-3-2-6-14(15)24(20,26)16-8-4-5-9-17(16)25/h2-12,20-21H,1H3/t20-,21-,24?,25?/m0/s1. The number of benzene rings is 3. The van der Waals surface area contributed by atoms with Crippen LogP contribution in [0.3, 0.4) is 0 Å². The molecule has 9 heteroatoms. The Bertz CT molecular complexity index is 1320. The molecule has 170 valence electrons. The van der Waals surface area contributed by atoms with Crippen molar-refractivity contribution < 1.29 is 19.2 Å². The Morgan fingerprint density at radius 1 is 0.853 bits per heavy atom. The van der Waals surface area contributed by atoms with Crippen molar-refractivity contribution in [2.45, 2.75) is 9.75 Å². The molecule has 0 N–H and O–H groups in total.